The van der Waals surface area contributed by atoms with E-state index in [4.69, 9.17) is 10.8 Å². The predicted octanol–water partition coefficient (Wildman–Crippen LogP) is 4.50. The van der Waals surface area contributed by atoms with Gasteiger partial charge in [0.1, 0.15) is 0 Å². The second kappa shape index (κ2) is 12.3. The third kappa shape index (κ3) is 12.0. The van der Waals surface area contributed by atoms with Crippen LogP contribution in [-0.2, 0) is 0 Å². The molecule has 0 saturated carbocycles. The first-order valence-electron chi connectivity index (χ1n) is 9.77. The molecule has 0 amide bonds. The van der Waals surface area contributed by atoms with Gasteiger partial charge in [-0.05, 0) is 31.1 Å². The Bertz CT molecular complexity index is 279. The molecule has 0 aromatic carbocycles. The van der Waals surface area contributed by atoms with Gasteiger partial charge >= 0.3 is 0 Å². The molecule has 0 heterocycles. The Labute approximate surface area is 145 Å². The SMILES string of the molecule is CC(C)CCCC(C)CCCC(C)CCCC(C)(O)C(N)CO. The molecule has 4 N–H and O–H groups in total. The van der Waals surface area contributed by atoms with Crippen molar-refractivity contribution in [2.75, 3.05) is 6.61 Å². The van der Waals surface area contributed by atoms with Crippen molar-refractivity contribution in [3.05, 3.63) is 0 Å². The Hall–Kier alpha value is -0.120. The van der Waals surface area contributed by atoms with Crippen molar-refractivity contribution in [3.63, 3.8) is 0 Å². The molecule has 0 spiro atoms. The molecule has 0 aromatic rings. The third-order valence-electron chi connectivity index (χ3n) is 5.25. The lowest BCUT2D eigenvalue weighted by Gasteiger charge is -2.29. The fourth-order valence-electron chi connectivity index (χ4n) is 3.17. The van der Waals surface area contributed by atoms with Gasteiger partial charge in [0.2, 0.25) is 0 Å². The first-order valence-corrected chi connectivity index (χ1v) is 9.77. The standard InChI is InChI=1S/C20H43NO2/c1-16(2)9-6-10-17(3)11-7-12-18(4)13-8-14-20(5,23)19(21)15-22/h16-19,22-23H,6-15,21H2,1-5H3. The van der Waals surface area contributed by atoms with E-state index in [2.05, 4.69) is 27.7 Å². The quantitative estimate of drug-likeness (QED) is 0.440. The smallest absolute Gasteiger partial charge is 0.0792 e. The summed E-state index contributed by atoms with van der Waals surface area (Å²) in [5, 5.41) is 19.2. The Kier molecular flexibility index (Phi) is 12.2. The summed E-state index contributed by atoms with van der Waals surface area (Å²) in [5.74, 6) is 2.39. The summed E-state index contributed by atoms with van der Waals surface area (Å²) < 4.78 is 0. The normalized spacial score (nSPS) is 18.7. The van der Waals surface area contributed by atoms with Gasteiger partial charge in [0, 0.05) is 0 Å². The molecule has 23 heavy (non-hydrogen) atoms. The molecular formula is C20H43NO2. The highest BCUT2D eigenvalue weighted by molar-refractivity contribution is 4.84. The lowest BCUT2D eigenvalue weighted by molar-refractivity contribution is 0.00289. The molecule has 3 heteroatoms. The number of rotatable bonds is 14. The van der Waals surface area contributed by atoms with Gasteiger partial charge in [-0.2, -0.15) is 0 Å². The maximum atomic E-state index is 10.2. The van der Waals surface area contributed by atoms with Gasteiger partial charge in [0.05, 0.1) is 18.2 Å². The van der Waals surface area contributed by atoms with Crippen LogP contribution in [0.15, 0.2) is 0 Å². The molecule has 0 aliphatic rings. The maximum Gasteiger partial charge on any atom is 0.0792 e. The molecule has 4 unspecified atom stereocenters. The lowest BCUT2D eigenvalue weighted by atomic mass is 9.88. The Morgan fingerprint density at radius 1 is 0.826 bits per heavy atom. The molecule has 0 aromatic heterocycles. The molecule has 0 bridgehead atoms. The molecule has 0 aliphatic heterocycles. The zero-order chi connectivity index (χ0) is 17.9. The van der Waals surface area contributed by atoms with Crippen molar-refractivity contribution >= 4 is 0 Å². The average Bonchev–Trinajstić information content (AvgIpc) is 2.45. The minimum Gasteiger partial charge on any atom is -0.395 e. The second-order valence-electron chi connectivity index (χ2n) is 8.50. The molecule has 0 saturated heterocycles. The Morgan fingerprint density at radius 3 is 1.70 bits per heavy atom. The van der Waals surface area contributed by atoms with Crippen LogP contribution < -0.4 is 5.73 Å². The molecule has 140 valence electrons. The van der Waals surface area contributed by atoms with Crippen molar-refractivity contribution < 1.29 is 10.2 Å². The zero-order valence-electron chi connectivity index (χ0n) is 16.4. The highest BCUT2D eigenvalue weighted by atomic mass is 16.3. The average molecular weight is 330 g/mol. The van der Waals surface area contributed by atoms with Crippen molar-refractivity contribution in [1.82, 2.24) is 0 Å². The molecule has 0 rings (SSSR count). The van der Waals surface area contributed by atoms with Crippen LogP contribution in [0.4, 0.5) is 0 Å². The summed E-state index contributed by atoms with van der Waals surface area (Å²) in [6.45, 7) is 10.9. The van der Waals surface area contributed by atoms with Crippen LogP contribution in [0, 0.1) is 17.8 Å². The van der Waals surface area contributed by atoms with E-state index < -0.39 is 11.6 Å². The zero-order valence-corrected chi connectivity index (χ0v) is 16.4. The first-order chi connectivity index (χ1) is 10.7. The minimum atomic E-state index is -0.945. The topological polar surface area (TPSA) is 66.5 Å². The van der Waals surface area contributed by atoms with E-state index >= 15 is 0 Å². The number of aliphatic hydroxyl groups is 2. The van der Waals surface area contributed by atoms with Crippen LogP contribution in [0.25, 0.3) is 0 Å². The van der Waals surface area contributed by atoms with E-state index in [1.807, 2.05) is 0 Å². The van der Waals surface area contributed by atoms with Gasteiger partial charge in [0.15, 0.2) is 0 Å². The van der Waals surface area contributed by atoms with Crippen LogP contribution in [0.1, 0.15) is 92.4 Å². The van der Waals surface area contributed by atoms with Gasteiger partial charge in [-0.25, -0.2) is 0 Å². The van der Waals surface area contributed by atoms with Crippen LogP contribution in [0.5, 0.6) is 0 Å². The van der Waals surface area contributed by atoms with E-state index in [1.165, 1.54) is 38.5 Å². The van der Waals surface area contributed by atoms with Crippen molar-refractivity contribution in [3.8, 4) is 0 Å². The largest absolute Gasteiger partial charge is 0.395 e. The highest BCUT2D eigenvalue weighted by Crippen LogP contribution is 2.23. The fraction of sp³-hybridized carbons (Fsp3) is 1.00. The number of nitrogens with two attached hydrogens (primary N) is 1. The summed E-state index contributed by atoms with van der Waals surface area (Å²) in [5.41, 5.74) is 4.79. The van der Waals surface area contributed by atoms with Gasteiger partial charge in [-0.1, -0.05) is 79.1 Å². The van der Waals surface area contributed by atoms with Crippen LogP contribution in [0.3, 0.4) is 0 Å². The van der Waals surface area contributed by atoms with Crippen LogP contribution in [-0.4, -0.2) is 28.5 Å². The molecular weight excluding hydrogens is 286 g/mol. The number of hydrogen-bond donors (Lipinski definition) is 3. The summed E-state index contributed by atoms with van der Waals surface area (Å²) in [6.07, 6.45) is 10.8. The van der Waals surface area contributed by atoms with Crippen molar-refractivity contribution in [1.29, 1.82) is 0 Å². The second-order valence-corrected chi connectivity index (χ2v) is 8.50. The molecule has 3 nitrogen and oxygen atoms in total. The van der Waals surface area contributed by atoms with Crippen LogP contribution in [0.2, 0.25) is 0 Å². The first kappa shape index (κ1) is 22.9. The fourth-order valence-corrected chi connectivity index (χ4v) is 3.17. The van der Waals surface area contributed by atoms with Gasteiger partial charge in [-0.3, -0.25) is 0 Å². The van der Waals surface area contributed by atoms with Gasteiger partial charge in [0.25, 0.3) is 0 Å². The monoisotopic (exact) mass is 329 g/mol. The molecule has 0 fully saturated rings. The van der Waals surface area contributed by atoms with E-state index in [9.17, 15) is 5.11 Å². The van der Waals surface area contributed by atoms with Gasteiger partial charge < -0.3 is 15.9 Å². The number of hydrogen-bond acceptors (Lipinski definition) is 3. The summed E-state index contributed by atoms with van der Waals surface area (Å²) in [7, 11) is 0. The Balaban J connectivity index is 3.69. The molecule has 0 radical (unpaired) electrons. The Morgan fingerprint density at radius 2 is 1.26 bits per heavy atom. The van der Waals surface area contributed by atoms with Crippen LogP contribution >= 0.6 is 0 Å². The molecule has 4 atom stereocenters. The lowest BCUT2D eigenvalue weighted by Crippen LogP contribution is -2.48. The predicted molar refractivity (Wildman–Crippen MR) is 100 cm³/mol. The minimum absolute atomic E-state index is 0.156. The van der Waals surface area contributed by atoms with E-state index in [0.29, 0.717) is 12.3 Å². The summed E-state index contributed by atoms with van der Waals surface area (Å²) in [4.78, 5) is 0. The third-order valence-corrected chi connectivity index (χ3v) is 5.25. The van der Waals surface area contributed by atoms with E-state index in [0.717, 1.165) is 24.7 Å². The van der Waals surface area contributed by atoms with Crippen molar-refractivity contribution in [2.45, 2.75) is 104 Å². The maximum absolute atomic E-state index is 10.2. The van der Waals surface area contributed by atoms with E-state index in [1.54, 1.807) is 6.92 Å². The summed E-state index contributed by atoms with van der Waals surface area (Å²) in [6, 6.07) is -0.538. The van der Waals surface area contributed by atoms with Gasteiger partial charge in [-0.15, -0.1) is 0 Å². The highest BCUT2D eigenvalue weighted by Gasteiger charge is 2.27. The van der Waals surface area contributed by atoms with E-state index in [-0.39, 0.29) is 6.61 Å². The van der Waals surface area contributed by atoms with Crippen molar-refractivity contribution in [2.24, 2.45) is 23.5 Å². The molecule has 0 aliphatic carbocycles. The number of aliphatic hydroxyl groups excluding tert-OH is 1. The summed E-state index contributed by atoms with van der Waals surface area (Å²) >= 11 is 0.